The highest BCUT2D eigenvalue weighted by molar-refractivity contribution is 6.08. The molecular formula is C36H41N5O4. The van der Waals surface area contributed by atoms with E-state index in [9.17, 15) is 14.4 Å². The van der Waals surface area contributed by atoms with Gasteiger partial charge in [0.25, 0.3) is 11.8 Å². The monoisotopic (exact) mass is 607 g/mol. The number of amides is 2. The number of anilines is 2. The van der Waals surface area contributed by atoms with E-state index in [1.807, 2.05) is 66.4 Å². The van der Waals surface area contributed by atoms with Gasteiger partial charge in [-0.3, -0.25) is 19.5 Å². The van der Waals surface area contributed by atoms with Crippen molar-refractivity contribution >= 4 is 40.4 Å². The molecule has 0 aliphatic carbocycles. The molecule has 9 nitrogen and oxygen atoms in total. The van der Waals surface area contributed by atoms with E-state index in [1.165, 1.54) is 6.20 Å². The molecule has 1 aliphatic heterocycles. The van der Waals surface area contributed by atoms with Crippen molar-refractivity contribution in [3.8, 4) is 5.75 Å². The summed E-state index contributed by atoms with van der Waals surface area (Å²) in [6, 6.07) is 19.5. The van der Waals surface area contributed by atoms with Crippen molar-refractivity contribution in [2.75, 3.05) is 45.2 Å². The summed E-state index contributed by atoms with van der Waals surface area (Å²) < 4.78 is 5.37. The molecule has 0 unspecified atom stereocenters. The zero-order valence-corrected chi connectivity index (χ0v) is 26.1. The zero-order valence-electron chi connectivity index (χ0n) is 26.1. The topological polar surface area (TPSA) is 118 Å². The van der Waals surface area contributed by atoms with Crippen LogP contribution in [-0.4, -0.2) is 72.7 Å². The molecule has 5 rings (SSSR count). The Morgan fingerprint density at radius 2 is 1.78 bits per heavy atom. The Morgan fingerprint density at radius 1 is 0.978 bits per heavy atom. The lowest BCUT2D eigenvalue weighted by Gasteiger charge is -2.34. The number of aryl methyl sites for hydroxylation is 1. The number of nitrogens with one attached hydrogen (secondary N) is 1. The Kier molecular flexibility index (Phi) is 10.4. The molecule has 0 bridgehead atoms. The van der Waals surface area contributed by atoms with Crippen LogP contribution in [0, 0.1) is 6.92 Å². The third-order valence-electron chi connectivity index (χ3n) is 8.36. The SMILES string of the molecule is COc1cccc(Nc2c(C(N)=O)cnc3c(C)cc(Cc4cccc(C(=O)N5CCN(CCCCCC=O)CC5)c4)cc23)c1. The number of fused-ring (bicyclic) bond motifs is 1. The smallest absolute Gasteiger partial charge is 0.253 e. The van der Waals surface area contributed by atoms with Crippen LogP contribution in [0.15, 0.2) is 66.9 Å². The normalized spacial score (nSPS) is 13.5. The number of ether oxygens (including phenoxy) is 1. The average molecular weight is 608 g/mol. The van der Waals surface area contributed by atoms with Gasteiger partial charge in [0.15, 0.2) is 0 Å². The fourth-order valence-corrected chi connectivity index (χ4v) is 5.97. The molecule has 2 heterocycles. The summed E-state index contributed by atoms with van der Waals surface area (Å²) in [7, 11) is 1.61. The number of pyridine rings is 1. The minimum absolute atomic E-state index is 0.0530. The molecule has 9 heteroatoms. The van der Waals surface area contributed by atoms with Crippen molar-refractivity contribution in [2.45, 2.75) is 39.0 Å². The minimum atomic E-state index is -0.570. The number of carbonyl (C=O) groups excluding carboxylic acids is 3. The van der Waals surface area contributed by atoms with Gasteiger partial charge in [-0.1, -0.05) is 30.7 Å². The highest BCUT2D eigenvalue weighted by atomic mass is 16.5. The van der Waals surface area contributed by atoms with E-state index >= 15 is 0 Å². The van der Waals surface area contributed by atoms with Gasteiger partial charge in [0.1, 0.15) is 12.0 Å². The number of piperazine rings is 1. The van der Waals surface area contributed by atoms with E-state index in [1.54, 1.807) is 7.11 Å². The molecule has 45 heavy (non-hydrogen) atoms. The van der Waals surface area contributed by atoms with Crippen molar-refractivity contribution < 1.29 is 19.1 Å². The van der Waals surface area contributed by atoms with Gasteiger partial charge in [0.05, 0.1) is 23.9 Å². The van der Waals surface area contributed by atoms with Crippen molar-refractivity contribution in [1.29, 1.82) is 0 Å². The minimum Gasteiger partial charge on any atom is -0.497 e. The van der Waals surface area contributed by atoms with Crippen LogP contribution in [0.2, 0.25) is 0 Å². The van der Waals surface area contributed by atoms with Gasteiger partial charge in [0.2, 0.25) is 0 Å². The van der Waals surface area contributed by atoms with Crippen LogP contribution in [-0.2, 0) is 11.2 Å². The first-order chi connectivity index (χ1) is 21.9. The molecule has 1 aliphatic rings. The molecule has 1 fully saturated rings. The molecule has 0 radical (unpaired) electrons. The van der Waals surface area contributed by atoms with Crippen LogP contribution in [0.25, 0.3) is 10.9 Å². The van der Waals surface area contributed by atoms with Crippen molar-refractivity contribution in [2.24, 2.45) is 5.73 Å². The highest BCUT2D eigenvalue weighted by Crippen LogP contribution is 2.33. The summed E-state index contributed by atoms with van der Waals surface area (Å²) in [6.45, 7) is 6.16. The molecule has 1 aromatic heterocycles. The summed E-state index contributed by atoms with van der Waals surface area (Å²) in [5.41, 5.74) is 11.9. The van der Waals surface area contributed by atoms with Crippen molar-refractivity contribution in [1.82, 2.24) is 14.8 Å². The van der Waals surface area contributed by atoms with Gasteiger partial charge in [-0.25, -0.2) is 0 Å². The first-order valence-electron chi connectivity index (χ1n) is 15.5. The number of hydrogen-bond donors (Lipinski definition) is 2. The number of carbonyl (C=O) groups is 3. The van der Waals surface area contributed by atoms with E-state index in [0.717, 1.165) is 78.5 Å². The molecule has 234 valence electrons. The number of nitrogens with zero attached hydrogens (tertiary/aromatic N) is 3. The Bertz CT molecular complexity index is 1680. The van der Waals surface area contributed by atoms with E-state index in [2.05, 4.69) is 21.3 Å². The summed E-state index contributed by atoms with van der Waals surface area (Å²) in [6.07, 6.45) is 6.83. The van der Waals surface area contributed by atoms with E-state index in [4.69, 9.17) is 10.5 Å². The molecule has 1 saturated heterocycles. The predicted octanol–water partition coefficient (Wildman–Crippen LogP) is 5.50. The number of hydrogen-bond acceptors (Lipinski definition) is 7. The second kappa shape index (κ2) is 14.8. The number of aldehydes is 1. The van der Waals surface area contributed by atoms with Crippen LogP contribution < -0.4 is 15.8 Å². The lowest BCUT2D eigenvalue weighted by atomic mass is 9.97. The van der Waals surface area contributed by atoms with Gasteiger partial charge < -0.3 is 25.5 Å². The second-order valence-corrected chi connectivity index (χ2v) is 11.6. The fourth-order valence-electron chi connectivity index (χ4n) is 5.97. The Labute approximate surface area is 264 Å². The largest absolute Gasteiger partial charge is 0.497 e. The zero-order chi connectivity index (χ0) is 31.8. The van der Waals surface area contributed by atoms with Gasteiger partial charge >= 0.3 is 0 Å². The Balaban J connectivity index is 1.33. The quantitative estimate of drug-likeness (QED) is 0.152. The molecule has 3 N–H and O–H groups in total. The maximum atomic E-state index is 13.4. The number of aromatic nitrogens is 1. The number of primary amides is 1. The molecule has 0 atom stereocenters. The van der Waals surface area contributed by atoms with E-state index in [-0.39, 0.29) is 5.91 Å². The fraction of sp³-hybridized carbons (Fsp3) is 0.333. The Morgan fingerprint density at radius 3 is 2.53 bits per heavy atom. The maximum Gasteiger partial charge on any atom is 0.253 e. The number of benzene rings is 3. The van der Waals surface area contributed by atoms with Crippen LogP contribution in [0.5, 0.6) is 5.75 Å². The van der Waals surface area contributed by atoms with E-state index < -0.39 is 5.91 Å². The molecule has 2 amide bonds. The predicted molar refractivity (Wildman–Crippen MR) is 177 cm³/mol. The lowest BCUT2D eigenvalue weighted by molar-refractivity contribution is -0.107. The van der Waals surface area contributed by atoms with Gasteiger partial charge in [-0.2, -0.15) is 0 Å². The molecule has 0 spiro atoms. The Hall–Kier alpha value is -4.76. The van der Waals surface area contributed by atoms with Crippen molar-refractivity contribution in [3.63, 3.8) is 0 Å². The first kappa shape index (κ1) is 31.7. The number of rotatable bonds is 13. The highest BCUT2D eigenvalue weighted by Gasteiger charge is 2.22. The van der Waals surface area contributed by atoms with Crippen LogP contribution in [0.1, 0.15) is 63.1 Å². The van der Waals surface area contributed by atoms with Crippen LogP contribution in [0.4, 0.5) is 11.4 Å². The molecule has 4 aromatic rings. The van der Waals surface area contributed by atoms with Crippen LogP contribution >= 0.6 is 0 Å². The summed E-state index contributed by atoms with van der Waals surface area (Å²) >= 11 is 0. The number of nitrogens with two attached hydrogens (primary N) is 1. The molecule has 3 aromatic carbocycles. The van der Waals surface area contributed by atoms with Gasteiger partial charge in [-0.15, -0.1) is 0 Å². The van der Waals surface area contributed by atoms with Gasteiger partial charge in [0, 0.05) is 61.5 Å². The standard InChI is InChI=1S/C36H41N5O4/c1-25-19-27(22-31-33(25)38-24-32(35(37)43)34(31)39-29-11-8-12-30(23-29)45-2)20-26-9-7-10-28(21-26)36(44)41-16-14-40(15-17-41)13-5-3-4-6-18-42/h7-12,18-19,21-24H,3-6,13-17,20H2,1-2H3,(H2,37,43)(H,38,39). The average Bonchev–Trinajstić information content (AvgIpc) is 3.05. The summed E-state index contributed by atoms with van der Waals surface area (Å²) in [4.78, 5) is 45.3. The van der Waals surface area contributed by atoms with E-state index in [0.29, 0.717) is 48.5 Å². The summed E-state index contributed by atoms with van der Waals surface area (Å²) in [5, 5.41) is 4.18. The summed E-state index contributed by atoms with van der Waals surface area (Å²) in [5.74, 6) is 0.173. The number of unbranched alkanes of at least 4 members (excludes halogenated alkanes) is 3. The second-order valence-electron chi connectivity index (χ2n) is 11.6. The molecule has 0 saturated carbocycles. The van der Waals surface area contributed by atoms with Crippen LogP contribution in [0.3, 0.4) is 0 Å². The lowest BCUT2D eigenvalue weighted by Crippen LogP contribution is -2.48. The molecular weight excluding hydrogens is 566 g/mol. The maximum absolute atomic E-state index is 13.4. The third kappa shape index (κ3) is 7.85. The number of methoxy groups -OCH3 is 1. The third-order valence-corrected chi connectivity index (χ3v) is 8.36. The first-order valence-corrected chi connectivity index (χ1v) is 15.5. The van der Waals surface area contributed by atoms with Crippen molar-refractivity contribution in [3.05, 3.63) is 94.7 Å². The van der Waals surface area contributed by atoms with Gasteiger partial charge in [-0.05, 0) is 79.8 Å².